The third-order valence-corrected chi connectivity index (χ3v) is 10.8. The van der Waals surface area contributed by atoms with Crippen LogP contribution in [-0.2, 0) is 0 Å². The Morgan fingerprint density at radius 2 is 1.87 bits per heavy atom. The fourth-order valence-electron chi connectivity index (χ4n) is 8.98. The van der Waals surface area contributed by atoms with Crippen molar-refractivity contribution in [2.45, 2.75) is 112 Å². The summed E-state index contributed by atoms with van der Waals surface area (Å²) in [5.74, 6) is 5.15. The van der Waals surface area contributed by atoms with E-state index in [1.807, 2.05) is 0 Å². The Labute approximate surface area is 186 Å². The van der Waals surface area contributed by atoms with Crippen LogP contribution in [0.4, 0.5) is 0 Å². The van der Waals surface area contributed by atoms with E-state index in [1.165, 1.54) is 51.4 Å². The van der Waals surface area contributed by atoms with Crippen molar-refractivity contribution >= 4 is 0 Å². The molecular formula is C29H48O. The Hall–Kier alpha value is -0.560. The van der Waals surface area contributed by atoms with Crippen LogP contribution in [0.3, 0.4) is 0 Å². The van der Waals surface area contributed by atoms with Crippen molar-refractivity contribution in [1.29, 1.82) is 0 Å². The van der Waals surface area contributed by atoms with Gasteiger partial charge in [0.1, 0.15) is 0 Å². The van der Waals surface area contributed by atoms with Crippen LogP contribution in [0, 0.1) is 46.3 Å². The minimum absolute atomic E-state index is 0.0839. The Kier molecular flexibility index (Phi) is 6.35. The number of hydrogen-bond donors (Lipinski definition) is 1. The van der Waals surface area contributed by atoms with Crippen molar-refractivity contribution in [2.75, 3.05) is 0 Å². The van der Waals surface area contributed by atoms with Gasteiger partial charge in [0.2, 0.25) is 0 Å². The van der Waals surface area contributed by atoms with E-state index >= 15 is 0 Å². The van der Waals surface area contributed by atoms with Crippen LogP contribution in [-0.4, -0.2) is 11.2 Å². The monoisotopic (exact) mass is 412 g/mol. The molecule has 0 heterocycles. The number of aliphatic hydroxyl groups excluding tert-OH is 1. The van der Waals surface area contributed by atoms with E-state index in [4.69, 9.17) is 0 Å². The zero-order chi connectivity index (χ0) is 21.7. The van der Waals surface area contributed by atoms with Crippen LogP contribution < -0.4 is 0 Å². The van der Waals surface area contributed by atoms with Crippen molar-refractivity contribution < 1.29 is 5.11 Å². The molecule has 1 nitrogen and oxygen atoms in total. The number of aliphatic hydroxyl groups is 1. The number of rotatable bonds is 5. The minimum Gasteiger partial charge on any atom is -0.393 e. The van der Waals surface area contributed by atoms with Gasteiger partial charge >= 0.3 is 0 Å². The van der Waals surface area contributed by atoms with Crippen LogP contribution >= 0.6 is 0 Å². The fraction of sp³-hybridized carbons (Fsp3) is 0.862. The molecule has 4 aliphatic rings. The van der Waals surface area contributed by atoms with Crippen molar-refractivity contribution in [3.63, 3.8) is 0 Å². The highest BCUT2D eigenvalue weighted by Gasteiger charge is 2.59. The van der Waals surface area contributed by atoms with Gasteiger partial charge in [-0.3, -0.25) is 0 Å². The van der Waals surface area contributed by atoms with Crippen molar-refractivity contribution in [1.82, 2.24) is 0 Å². The molecule has 1 N–H and O–H groups in total. The van der Waals surface area contributed by atoms with Crippen LogP contribution in [0.2, 0.25) is 0 Å². The first kappa shape index (κ1) is 22.6. The molecule has 1 heteroatoms. The van der Waals surface area contributed by atoms with Gasteiger partial charge in [-0.2, -0.15) is 0 Å². The van der Waals surface area contributed by atoms with E-state index in [-0.39, 0.29) is 6.10 Å². The largest absolute Gasteiger partial charge is 0.393 e. The molecule has 3 saturated carbocycles. The molecule has 0 amide bonds. The smallest absolute Gasteiger partial charge is 0.0577 e. The molecule has 0 bridgehead atoms. The van der Waals surface area contributed by atoms with Crippen LogP contribution in [0.5, 0.6) is 0 Å². The summed E-state index contributed by atoms with van der Waals surface area (Å²) in [5.41, 5.74) is 4.21. The quantitative estimate of drug-likeness (QED) is 0.454. The first-order valence-corrected chi connectivity index (χ1v) is 13.2. The lowest BCUT2D eigenvalue weighted by atomic mass is 9.47. The summed E-state index contributed by atoms with van der Waals surface area (Å²) in [6.07, 6.45) is 17.8. The summed E-state index contributed by atoms with van der Waals surface area (Å²) in [7, 11) is 0. The van der Waals surface area contributed by atoms with Gasteiger partial charge in [0, 0.05) is 0 Å². The molecule has 4 aliphatic carbocycles. The Balaban J connectivity index is 1.49. The van der Waals surface area contributed by atoms with Crippen molar-refractivity contribution in [2.24, 2.45) is 46.3 Å². The second-order valence-electron chi connectivity index (χ2n) is 12.4. The van der Waals surface area contributed by atoms with E-state index in [0.29, 0.717) is 16.7 Å². The lowest BCUT2D eigenvalue weighted by Gasteiger charge is -2.58. The van der Waals surface area contributed by atoms with Gasteiger partial charge in [-0.05, 0) is 117 Å². The number of hydrogen-bond acceptors (Lipinski definition) is 1. The number of allylic oxidation sites excluding steroid dienone is 3. The molecular weight excluding hydrogens is 364 g/mol. The fourth-order valence-corrected chi connectivity index (χ4v) is 8.98. The van der Waals surface area contributed by atoms with Gasteiger partial charge in [0.05, 0.1) is 6.10 Å². The predicted octanol–water partition coefficient (Wildman–Crippen LogP) is 7.94. The zero-order valence-corrected chi connectivity index (χ0v) is 20.7. The van der Waals surface area contributed by atoms with E-state index < -0.39 is 0 Å². The second kappa shape index (κ2) is 8.42. The summed E-state index contributed by atoms with van der Waals surface area (Å²) in [6, 6.07) is 0. The summed E-state index contributed by atoms with van der Waals surface area (Å²) >= 11 is 0. The second-order valence-corrected chi connectivity index (χ2v) is 12.4. The van der Waals surface area contributed by atoms with Crippen LogP contribution in [0.1, 0.15) is 106 Å². The lowest BCUT2D eigenvalue weighted by molar-refractivity contribution is -0.0571. The van der Waals surface area contributed by atoms with E-state index in [9.17, 15) is 5.11 Å². The molecule has 3 fully saturated rings. The maximum Gasteiger partial charge on any atom is 0.0577 e. The molecule has 0 aromatic carbocycles. The molecule has 8 atom stereocenters. The third-order valence-electron chi connectivity index (χ3n) is 10.8. The number of fused-ring (bicyclic) bond motifs is 5. The van der Waals surface area contributed by atoms with Gasteiger partial charge in [-0.25, -0.2) is 0 Å². The third kappa shape index (κ3) is 3.66. The summed E-state index contributed by atoms with van der Waals surface area (Å²) in [4.78, 5) is 0. The Morgan fingerprint density at radius 3 is 2.57 bits per heavy atom. The molecule has 0 spiro atoms. The molecule has 0 aliphatic heterocycles. The SMILES string of the molecule is C/C=C(/CCC(C)C1CCC2C3CC=C4C[C@@H](O)CCC4(C)C3CCC12C)C(C)C. The molecule has 0 aromatic heterocycles. The highest BCUT2D eigenvalue weighted by Crippen LogP contribution is 2.67. The van der Waals surface area contributed by atoms with Gasteiger partial charge < -0.3 is 5.11 Å². The molecule has 170 valence electrons. The minimum atomic E-state index is -0.0839. The molecule has 7 unspecified atom stereocenters. The summed E-state index contributed by atoms with van der Waals surface area (Å²) in [5, 5.41) is 10.2. The molecule has 30 heavy (non-hydrogen) atoms. The first-order valence-electron chi connectivity index (χ1n) is 13.2. The zero-order valence-electron chi connectivity index (χ0n) is 20.7. The highest BCUT2D eigenvalue weighted by atomic mass is 16.3. The lowest BCUT2D eigenvalue weighted by Crippen LogP contribution is -2.50. The normalized spacial score (nSPS) is 44.9. The van der Waals surface area contributed by atoms with E-state index in [1.54, 1.807) is 11.1 Å². The maximum absolute atomic E-state index is 10.2. The van der Waals surface area contributed by atoms with Crippen molar-refractivity contribution in [3.8, 4) is 0 Å². The van der Waals surface area contributed by atoms with Gasteiger partial charge in [-0.15, -0.1) is 0 Å². The van der Waals surface area contributed by atoms with Gasteiger partial charge in [0.25, 0.3) is 0 Å². The summed E-state index contributed by atoms with van der Waals surface area (Å²) < 4.78 is 0. The Bertz CT molecular complexity index is 686. The van der Waals surface area contributed by atoms with Gasteiger partial charge in [0.15, 0.2) is 0 Å². The molecule has 0 aromatic rings. The van der Waals surface area contributed by atoms with E-state index in [0.717, 1.165) is 42.4 Å². The van der Waals surface area contributed by atoms with E-state index in [2.05, 4.69) is 53.7 Å². The molecule has 4 rings (SSSR count). The summed E-state index contributed by atoms with van der Waals surface area (Å²) in [6.45, 7) is 14.7. The topological polar surface area (TPSA) is 20.2 Å². The van der Waals surface area contributed by atoms with Crippen molar-refractivity contribution in [3.05, 3.63) is 23.3 Å². The highest BCUT2D eigenvalue weighted by molar-refractivity contribution is 5.25. The van der Waals surface area contributed by atoms with Crippen LogP contribution in [0.25, 0.3) is 0 Å². The predicted molar refractivity (Wildman–Crippen MR) is 128 cm³/mol. The molecule has 0 radical (unpaired) electrons. The van der Waals surface area contributed by atoms with Gasteiger partial charge in [-0.1, -0.05) is 57.9 Å². The van der Waals surface area contributed by atoms with Crippen LogP contribution in [0.15, 0.2) is 23.3 Å². The molecule has 0 saturated heterocycles. The Morgan fingerprint density at radius 1 is 1.10 bits per heavy atom. The standard InChI is InChI=1S/C29H48O/c1-7-21(19(2)3)9-8-20(4)25-12-13-26-24-11-10-22-18-23(30)14-16-28(22,5)27(24)15-17-29(25,26)6/h7,10,19-20,23-27,30H,8-9,11-18H2,1-6H3/b21-7-/t20?,23-,24?,25?,26?,27?,28?,29?/m0/s1. The maximum atomic E-state index is 10.2. The average Bonchev–Trinajstić information content (AvgIpc) is 3.06. The first-order chi connectivity index (χ1) is 14.2. The average molecular weight is 413 g/mol.